The average molecular weight is 166 g/mol. The molecule has 0 saturated carbocycles. The molecule has 0 N–H and O–H groups in total. The molecule has 0 radical (unpaired) electrons. The summed E-state index contributed by atoms with van der Waals surface area (Å²) in [4.78, 5) is 10.7. The maximum absolute atomic E-state index is 10.7. The minimum absolute atomic E-state index is 0.303. The van der Waals surface area contributed by atoms with Gasteiger partial charge in [-0.25, -0.2) is 4.79 Å². The number of carbonyl (C=O) groups excluding carboxylic acids is 1. The van der Waals surface area contributed by atoms with E-state index < -0.39 is 0 Å². The standard InChI is InChI=1S/C10H14O2/c1-3-5-6-7-8-9-10(11)12-4-2/h3,5-9H,4H2,1-2H3/b5-3+,7-6+,9-8+. The Hall–Kier alpha value is -1.31. The van der Waals surface area contributed by atoms with Gasteiger partial charge in [0.2, 0.25) is 0 Å². The Morgan fingerprint density at radius 3 is 2.50 bits per heavy atom. The predicted octanol–water partition coefficient (Wildman–Crippen LogP) is 2.24. The van der Waals surface area contributed by atoms with Gasteiger partial charge in [0.25, 0.3) is 0 Å². The molecule has 0 rings (SSSR count). The molecule has 0 fully saturated rings. The molecule has 0 spiro atoms. The second-order valence-corrected chi connectivity index (χ2v) is 2.02. The molecule has 0 atom stereocenters. The van der Waals surface area contributed by atoms with E-state index in [-0.39, 0.29) is 5.97 Å². The lowest BCUT2D eigenvalue weighted by molar-refractivity contribution is -0.137. The van der Waals surface area contributed by atoms with Crippen LogP contribution < -0.4 is 0 Å². The molecular weight excluding hydrogens is 152 g/mol. The van der Waals surface area contributed by atoms with E-state index in [1.165, 1.54) is 6.08 Å². The predicted molar refractivity (Wildman–Crippen MR) is 49.7 cm³/mol. The molecule has 66 valence electrons. The number of allylic oxidation sites excluding steroid dienone is 5. The molecule has 0 aliphatic rings. The Morgan fingerprint density at radius 1 is 1.25 bits per heavy atom. The molecule has 0 unspecified atom stereocenters. The van der Waals surface area contributed by atoms with Crippen LogP contribution in [0, 0.1) is 0 Å². The van der Waals surface area contributed by atoms with Crippen LogP contribution in [0.15, 0.2) is 36.5 Å². The molecule has 0 aromatic rings. The first-order chi connectivity index (χ1) is 5.81. The Kier molecular flexibility index (Phi) is 6.94. The van der Waals surface area contributed by atoms with E-state index in [4.69, 9.17) is 0 Å². The van der Waals surface area contributed by atoms with E-state index in [0.29, 0.717) is 6.61 Å². The van der Waals surface area contributed by atoms with Crippen LogP contribution in [0.5, 0.6) is 0 Å². The van der Waals surface area contributed by atoms with Gasteiger partial charge < -0.3 is 4.74 Å². The monoisotopic (exact) mass is 166 g/mol. The number of hydrogen-bond donors (Lipinski definition) is 0. The maximum atomic E-state index is 10.7. The first-order valence-electron chi connectivity index (χ1n) is 3.94. The largest absolute Gasteiger partial charge is 0.463 e. The quantitative estimate of drug-likeness (QED) is 0.363. The highest BCUT2D eigenvalue weighted by Gasteiger charge is 1.89. The topological polar surface area (TPSA) is 26.3 Å². The minimum Gasteiger partial charge on any atom is -0.463 e. The van der Waals surface area contributed by atoms with E-state index in [0.717, 1.165) is 0 Å². The van der Waals surface area contributed by atoms with Gasteiger partial charge in [-0.15, -0.1) is 0 Å². The average Bonchev–Trinajstić information content (AvgIpc) is 2.05. The third-order valence-corrected chi connectivity index (χ3v) is 1.04. The maximum Gasteiger partial charge on any atom is 0.330 e. The van der Waals surface area contributed by atoms with Gasteiger partial charge in [0.1, 0.15) is 0 Å². The van der Waals surface area contributed by atoms with Crippen molar-refractivity contribution in [3.05, 3.63) is 36.5 Å². The lowest BCUT2D eigenvalue weighted by Crippen LogP contribution is -1.98. The summed E-state index contributed by atoms with van der Waals surface area (Å²) in [5, 5.41) is 0. The van der Waals surface area contributed by atoms with Gasteiger partial charge in [0.15, 0.2) is 0 Å². The van der Waals surface area contributed by atoms with Gasteiger partial charge in [-0.3, -0.25) is 0 Å². The summed E-state index contributed by atoms with van der Waals surface area (Å²) in [5.74, 6) is -0.303. The number of rotatable bonds is 4. The van der Waals surface area contributed by atoms with Crippen LogP contribution in [0.4, 0.5) is 0 Å². The molecule has 0 aliphatic heterocycles. The molecule has 0 aliphatic carbocycles. The van der Waals surface area contributed by atoms with Crippen molar-refractivity contribution in [1.82, 2.24) is 0 Å². The first kappa shape index (κ1) is 10.7. The highest BCUT2D eigenvalue weighted by atomic mass is 16.5. The zero-order chi connectivity index (χ0) is 9.23. The molecular formula is C10H14O2. The van der Waals surface area contributed by atoms with Crippen molar-refractivity contribution in [3.8, 4) is 0 Å². The van der Waals surface area contributed by atoms with Crippen molar-refractivity contribution in [2.75, 3.05) is 6.61 Å². The number of ether oxygens (including phenoxy) is 1. The summed E-state index contributed by atoms with van der Waals surface area (Å²) in [5.41, 5.74) is 0. The Bertz CT molecular complexity index is 200. The van der Waals surface area contributed by atoms with Gasteiger partial charge in [0.05, 0.1) is 6.61 Å². The Morgan fingerprint density at radius 2 is 1.92 bits per heavy atom. The van der Waals surface area contributed by atoms with Crippen LogP contribution in [0.25, 0.3) is 0 Å². The van der Waals surface area contributed by atoms with E-state index in [1.807, 2.05) is 25.2 Å². The highest BCUT2D eigenvalue weighted by molar-refractivity contribution is 5.82. The fourth-order valence-corrected chi connectivity index (χ4v) is 0.564. The smallest absolute Gasteiger partial charge is 0.330 e. The van der Waals surface area contributed by atoms with Crippen LogP contribution in [0.3, 0.4) is 0 Å². The SMILES string of the molecule is C/C=C/C=C/C=C/C(=O)OCC. The van der Waals surface area contributed by atoms with Crippen molar-refractivity contribution >= 4 is 5.97 Å². The van der Waals surface area contributed by atoms with Crippen molar-refractivity contribution in [2.24, 2.45) is 0 Å². The third-order valence-electron chi connectivity index (χ3n) is 1.04. The van der Waals surface area contributed by atoms with E-state index in [2.05, 4.69) is 4.74 Å². The summed E-state index contributed by atoms with van der Waals surface area (Å²) in [6, 6.07) is 0. The number of esters is 1. The van der Waals surface area contributed by atoms with E-state index in [1.54, 1.807) is 19.1 Å². The van der Waals surface area contributed by atoms with Crippen LogP contribution in [0.1, 0.15) is 13.8 Å². The van der Waals surface area contributed by atoms with Crippen LogP contribution in [-0.4, -0.2) is 12.6 Å². The first-order valence-corrected chi connectivity index (χ1v) is 3.94. The molecule has 0 bridgehead atoms. The Labute approximate surface area is 73.2 Å². The number of hydrogen-bond acceptors (Lipinski definition) is 2. The van der Waals surface area contributed by atoms with Crippen molar-refractivity contribution in [3.63, 3.8) is 0 Å². The van der Waals surface area contributed by atoms with E-state index in [9.17, 15) is 4.79 Å². The zero-order valence-electron chi connectivity index (χ0n) is 7.49. The second kappa shape index (κ2) is 7.79. The minimum atomic E-state index is -0.303. The van der Waals surface area contributed by atoms with Gasteiger partial charge >= 0.3 is 5.97 Å². The summed E-state index contributed by atoms with van der Waals surface area (Å²) >= 11 is 0. The Balaban J connectivity index is 3.67. The lowest BCUT2D eigenvalue weighted by atomic mass is 10.4. The summed E-state index contributed by atoms with van der Waals surface area (Å²) in [6.07, 6.45) is 10.5. The molecule has 2 nitrogen and oxygen atoms in total. The van der Waals surface area contributed by atoms with Gasteiger partial charge in [-0.2, -0.15) is 0 Å². The van der Waals surface area contributed by atoms with Gasteiger partial charge in [-0.05, 0) is 13.8 Å². The fourth-order valence-electron chi connectivity index (χ4n) is 0.564. The molecule has 0 saturated heterocycles. The molecule has 0 aromatic carbocycles. The van der Waals surface area contributed by atoms with Crippen LogP contribution in [-0.2, 0) is 9.53 Å². The zero-order valence-corrected chi connectivity index (χ0v) is 7.49. The third kappa shape index (κ3) is 6.81. The van der Waals surface area contributed by atoms with E-state index >= 15 is 0 Å². The van der Waals surface area contributed by atoms with Gasteiger partial charge in [0, 0.05) is 6.08 Å². The van der Waals surface area contributed by atoms with Gasteiger partial charge in [-0.1, -0.05) is 30.4 Å². The normalized spacial score (nSPS) is 11.8. The van der Waals surface area contributed by atoms with Crippen LogP contribution in [0.2, 0.25) is 0 Å². The molecule has 0 amide bonds. The molecule has 0 aromatic heterocycles. The number of carbonyl (C=O) groups is 1. The second-order valence-electron chi connectivity index (χ2n) is 2.02. The van der Waals surface area contributed by atoms with Crippen molar-refractivity contribution in [2.45, 2.75) is 13.8 Å². The fraction of sp³-hybridized carbons (Fsp3) is 0.300. The summed E-state index contributed by atoms with van der Waals surface area (Å²) in [6.45, 7) is 4.13. The van der Waals surface area contributed by atoms with Crippen LogP contribution >= 0.6 is 0 Å². The van der Waals surface area contributed by atoms with Crippen molar-refractivity contribution in [1.29, 1.82) is 0 Å². The summed E-state index contributed by atoms with van der Waals surface area (Å²) in [7, 11) is 0. The highest BCUT2D eigenvalue weighted by Crippen LogP contribution is 1.83. The lowest BCUT2D eigenvalue weighted by Gasteiger charge is -1.92. The molecule has 2 heteroatoms. The molecule has 12 heavy (non-hydrogen) atoms. The van der Waals surface area contributed by atoms with Crippen molar-refractivity contribution < 1.29 is 9.53 Å². The molecule has 0 heterocycles. The summed E-state index contributed by atoms with van der Waals surface area (Å²) < 4.78 is 4.67.